The Bertz CT molecular complexity index is 895. The molecular formula is C23H27ClN2O4. The van der Waals surface area contributed by atoms with Crippen molar-refractivity contribution in [3.63, 3.8) is 0 Å². The van der Waals surface area contributed by atoms with Gasteiger partial charge >= 0.3 is 0 Å². The Morgan fingerprint density at radius 3 is 2.77 bits per heavy atom. The molecule has 30 heavy (non-hydrogen) atoms. The predicted octanol–water partition coefficient (Wildman–Crippen LogP) is 4.24. The molecule has 1 fully saturated rings. The van der Waals surface area contributed by atoms with Crippen LogP contribution >= 0.6 is 11.6 Å². The summed E-state index contributed by atoms with van der Waals surface area (Å²) in [7, 11) is 1.50. The van der Waals surface area contributed by atoms with E-state index in [0.29, 0.717) is 54.0 Å². The summed E-state index contributed by atoms with van der Waals surface area (Å²) in [6.45, 7) is 2.54. The lowest BCUT2D eigenvalue weighted by Gasteiger charge is -2.35. The lowest BCUT2D eigenvalue weighted by molar-refractivity contribution is -0.114. The highest BCUT2D eigenvalue weighted by atomic mass is 35.5. The molecule has 0 unspecified atom stereocenters. The topological polar surface area (TPSA) is 77.5 Å². The summed E-state index contributed by atoms with van der Waals surface area (Å²) in [5, 5.41) is 3.59. The number of aromatic nitrogens is 1. The second-order valence-electron chi connectivity index (χ2n) is 7.87. The van der Waals surface area contributed by atoms with Gasteiger partial charge in [-0.2, -0.15) is 0 Å². The number of hydrogen-bond acceptors (Lipinski definition) is 5. The van der Waals surface area contributed by atoms with Crippen molar-refractivity contribution in [2.24, 2.45) is 5.92 Å². The first kappa shape index (κ1) is 22.1. The van der Waals surface area contributed by atoms with Crippen molar-refractivity contribution < 1.29 is 19.1 Å². The van der Waals surface area contributed by atoms with Crippen molar-refractivity contribution in [1.29, 1.82) is 0 Å². The number of nitrogens with one attached hydrogen (secondary N) is 1. The van der Waals surface area contributed by atoms with Crippen molar-refractivity contribution in [3.8, 4) is 11.6 Å². The van der Waals surface area contributed by atoms with Gasteiger partial charge in [0.05, 0.1) is 24.8 Å². The highest BCUT2D eigenvalue weighted by molar-refractivity contribution is 6.30. The molecule has 1 heterocycles. The molecular weight excluding hydrogens is 404 g/mol. The van der Waals surface area contributed by atoms with E-state index < -0.39 is 5.54 Å². The molecule has 0 radical (unpaired) electrons. The average Bonchev–Trinajstić information content (AvgIpc) is 2.75. The molecule has 3 rings (SSSR count). The Kier molecular flexibility index (Phi) is 7.32. The minimum Gasteiger partial charge on any atom is -0.488 e. The molecule has 1 aliphatic carbocycles. The van der Waals surface area contributed by atoms with Gasteiger partial charge in [0, 0.05) is 23.7 Å². The van der Waals surface area contributed by atoms with Crippen molar-refractivity contribution in [1.82, 2.24) is 10.3 Å². The first-order valence-electron chi connectivity index (χ1n) is 10.1. The van der Waals surface area contributed by atoms with Gasteiger partial charge in [-0.25, -0.2) is 4.98 Å². The SMILES string of the molecule is COc1ncc(C(=O)NC2(C=O)CCC(C)CC2)cc1OCCc1cccc(Cl)c1. The second-order valence-corrected chi connectivity index (χ2v) is 8.31. The molecule has 7 heteroatoms. The molecule has 0 saturated heterocycles. The molecule has 1 amide bonds. The fraction of sp³-hybridized carbons (Fsp3) is 0.435. The Labute approximate surface area is 181 Å². The van der Waals surface area contributed by atoms with Gasteiger partial charge in [0.2, 0.25) is 0 Å². The minimum absolute atomic E-state index is 0.300. The van der Waals surface area contributed by atoms with Gasteiger partial charge < -0.3 is 19.6 Å². The van der Waals surface area contributed by atoms with Crippen LogP contribution in [0.5, 0.6) is 11.6 Å². The summed E-state index contributed by atoms with van der Waals surface area (Å²) >= 11 is 6.02. The highest BCUT2D eigenvalue weighted by Gasteiger charge is 2.35. The zero-order valence-corrected chi connectivity index (χ0v) is 18.1. The van der Waals surface area contributed by atoms with Crippen molar-refractivity contribution >= 4 is 23.8 Å². The first-order valence-corrected chi connectivity index (χ1v) is 10.5. The maximum absolute atomic E-state index is 12.8. The predicted molar refractivity (Wildman–Crippen MR) is 115 cm³/mol. The number of hydrogen-bond donors (Lipinski definition) is 1. The Morgan fingerprint density at radius 2 is 2.10 bits per heavy atom. The summed E-state index contributed by atoms with van der Waals surface area (Å²) < 4.78 is 11.1. The molecule has 6 nitrogen and oxygen atoms in total. The maximum Gasteiger partial charge on any atom is 0.256 e. The van der Waals surface area contributed by atoms with Crippen molar-refractivity contribution in [3.05, 3.63) is 52.7 Å². The zero-order valence-electron chi connectivity index (χ0n) is 17.3. The smallest absolute Gasteiger partial charge is 0.256 e. The second kappa shape index (κ2) is 9.94. The maximum atomic E-state index is 12.8. The van der Waals surface area contributed by atoms with E-state index in [0.717, 1.165) is 24.7 Å². The van der Waals surface area contributed by atoms with E-state index in [4.69, 9.17) is 21.1 Å². The Hall–Kier alpha value is -2.60. The van der Waals surface area contributed by atoms with Crippen LogP contribution in [0.4, 0.5) is 0 Å². The molecule has 2 aromatic rings. The minimum atomic E-state index is -0.808. The van der Waals surface area contributed by atoms with E-state index in [1.807, 2.05) is 24.3 Å². The number of aldehydes is 1. The first-order chi connectivity index (χ1) is 14.4. The molecule has 160 valence electrons. The fourth-order valence-corrected chi connectivity index (χ4v) is 3.84. The molecule has 1 aromatic carbocycles. The number of pyridine rings is 1. The average molecular weight is 431 g/mol. The summed E-state index contributed by atoms with van der Waals surface area (Å²) in [5.74, 6) is 0.905. The molecule has 1 N–H and O–H groups in total. The van der Waals surface area contributed by atoms with E-state index in [1.165, 1.54) is 13.3 Å². The summed E-state index contributed by atoms with van der Waals surface area (Å²) in [5.41, 5.74) is 0.563. The number of ether oxygens (including phenoxy) is 2. The number of amides is 1. The summed E-state index contributed by atoms with van der Waals surface area (Å²) in [6.07, 6.45) is 6.08. The van der Waals surface area contributed by atoms with Crippen LogP contribution in [0.3, 0.4) is 0 Å². The quantitative estimate of drug-likeness (QED) is 0.633. The fourth-order valence-electron chi connectivity index (χ4n) is 3.63. The normalized spacial score (nSPS) is 21.0. The van der Waals surface area contributed by atoms with Crippen LogP contribution in [-0.4, -0.2) is 36.4 Å². The molecule has 0 spiro atoms. The van der Waals surface area contributed by atoms with E-state index in [-0.39, 0.29) is 5.91 Å². The third-order valence-corrected chi connectivity index (χ3v) is 5.80. The van der Waals surface area contributed by atoms with Gasteiger partial charge in [-0.05, 0) is 49.3 Å². The summed E-state index contributed by atoms with van der Waals surface area (Å²) in [6, 6.07) is 9.16. The van der Waals surface area contributed by atoms with E-state index in [2.05, 4.69) is 17.2 Å². The van der Waals surface area contributed by atoms with Gasteiger partial charge in [0.1, 0.15) is 6.29 Å². The molecule has 0 bridgehead atoms. The third-order valence-electron chi connectivity index (χ3n) is 5.57. The van der Waals surface area contributed by atoms with Crippen LogP contribution in [0, 0.1) is 5.92 Å². The van der Waals surface area contributed by atoms with Crippen LogP contribution < -0.4 is 14.8 Å². The zero-order chi connectivity index (χ0) is 21.6. The van der Waals surface area contributed by atoms with Crippen LogP contribution in [0.15, 0.2) is 36.5 Å². The molecule has 0 aliphatic heterocycles. The van der Waals surface area contributed by atoms with Gasteiger partial charge in [-0.1, -0.05) is 30.7 Å². The number of carbonyl (C=O) groups is 2. The molecule has 1 aromatic heterocycles. The van der Waals surface area contributed by atoms with Crippen LogP contribution in [0.2, 0.25) is 5.02 Å². The van der Waals surface area contributed by atoms with Crippen LogP contribution in [0.1, 0.15) is 48.5 Å². The number of benzene rings is 1. The number of methoxy groups -OCH3 is 1. The monoisotopic (exact) mass is 430 g/mol. The number of rotatable bonds is 8. The molecule has 0 atom stereocenters. The lowest BCUT2D eigenvalue weighted by atomic mass is 9.78. The van der Waals surface area contributed by atoms with Gasteiger partial charge in [-0.3, -0.25) is 4.79 Å². The van der Waals surface area contributed by atoms with Crippen molar-refractivity contribution in [2.75, 3.05) is 13.7 Å². The number of carbonyl (C=O) groups excluding carboxylic acids is 2. The van der Waals surface area contributed by atoms with E-state index >= 15 is 0 Å². The Balaban J connectivity index is 1.68. The summed E-state index contributed by atoms with van der Waals surface area (Å²) in [4.78, 5) is 28.8. The standard InChI is InChI=1S/C23H27ClN2O4/c1-16-6-9-23(15-27,10-7-16)26-21(28)18-13-20(22(29-2)25-14-18)30-11-8-17-4-3-5-19(24)12-17/h3-5,12-16H,6-11H2,1-2H3,(H,26,28). The van der Waals surface area contributed by atoms with Crippen molar-refractivity contribution in [2.45, 2.75) is 44.6 Å². The molecule has 1 saturated carbocycles. The Morgan fingerprint density at radius 1 is 1.33 bits per heavy atom. The van der Waals surface area contributed by atoms with Gasteiger partial charge in [0.25, 0.3) is 11.8 Å². The number of nitrogens with zero attached hydrogens (tertiary/aromatic N) is 1. The van der Waals surface area contributed by atoms with Crippen LogP contribution in [0.25, 0.3) is 0 Å². The van der Waals surface area contributed by atoms with E-state index in [9.17, 15) is 9.59 Å². The lowest BCUT2D eigenvalue weighted by Crippen LogP contribution is -2.51. The largest absolute Gasteiger partial charge is 0.488 e. The van der Waals surface area contributed by atoms with Gasteiger partial charge in [-0.15, -0.1) is 0 Å². The van der Waals surface area contributed by atoms with Crippen LogP contribution in [-0.2, 0) is 11.2 Å². The van der Waals surface area contributed by atoms with Gasteiger partial charge in [0.15, 0.2) is 5.75 Å². The molecule has 1 aliphatic rings. The third kappa shape index (κ3) is 5.51. The highest BCUT2D eigenvalue weighted by Crippen LogP contribution is 2.31. The van der Waals surface area contributed by atoms with E-state index in [1.54, 1.807) is 6.07 Å². The number of halogens is 1.